The number of allylic oxidation sites excluding steroid dienone is 1. The number of esters is 2. The Labute approximate surface area is 153 Å². The fourth-order valence-corrected chi connectivity index (χ4v) is 4.89. The van der Waals surface area contributed by atoms with Crippen LogP contribution in [0.4, 0.5) is 0 Å². The first-order chi connectivity index (χ1) is 12.1. The van der Waals surface area contributed by atoms with Crippen LogP contribution in [-0.4, -0.2) is 46.6 Å². The van der Waals surface area contributed by atoms with E-state index in [1.807, 2.05) is 13.8 Å². The second kappa shape index (κ2) is 6.50. The Bertz CT molecular complexity index is 692. The van der Waals surface area contributed by atoms with Crippen LogP contribution in [0.15, 0.2) is 22.8 Å². The van der Waals surface area contributed by atoms with E-state index >= 15 is 0 Å². The largest absolute Gasteiger partial charge is 0.454 e. The molecule has 3 aliphatic rings. The van der Waals surface area contributed by atoms with Gasteiger partial charge in [0.2, 0.25) is 0 Å². The molecule has 1 heterocycles. The maximum Gasteiger partial charge on any atom is 0.334 e. The number of fused-ring (bicyclic) bond motifs is 2. The molecular formula is C20H28O6. The van der Waals surface area contributed by atoms with Crippen molar-refractivity contribution in [3.63, 3.8) is 0 Å². The standard InChI is InChI=1S/C20H28O6/c1-6-9(2)18(23)26-17-14-10(3)19(24)25-16(14)15(22)12-7-8-13(21)11(4)20(12,17)5/h6,11-13,15-17,21-22H,7-8H2,1-5H3/b9-6+/t11-,12+,13-,15-,16-,17+,20+/m0/s1. The van der Waals surface area contributed by atoms with Gasteiger partial charge < -0.3 is 19.7 Å². The molecule has 2 aliphatic carbocycles. The summed E-state index contributed by atoms with van der Waals surface area (Å²) in [5.41, 5.74) is 0.707. The van der Waals surface area contributed by atoms with Gasteiger partial charge in [-0.1, -0.05) is 19.9 Å². The predicted octanol–water partition coefficient (Wildman–Crippen LogP) is 1.89. The number of rotatable bonds is 2. The molecule has 0 bridgehead atoms. The second-order valence-electron chi connectivity index (χ2n) is 8.06. The highest BCUT2D eigenvalue weighted by Gasteiger charge is 2.63. The number of aliphatic hydroxyl groups is 2. The second-order valence-corrected chi connectivity index (χ2v) is 8.06. The highest BCUT2D eigenvalue weighted by atomic mass is 16.6. The van der Waals surface area contributed by atoms with Crippen molar-refractivity contribution in [3.05, 3.63) is 22.8 Å². The summed E-state index contributed by atoms with van der Waals surface area (Å²) in [4.78, 5) is 24.7. The summed E-state index contributed by atoms with van der Waals surface area (Å²) in [7, 11) is 0. The Morgan fingerprint density at radius 2 is 2.00 bits per heavy atom. The van der Waals surface area contributed by atoms with Gasteiger partial charge >= 0.3 is 11.9 Å². The van der Waals surface area contributed by atoms with E-state index < -0.39 is 41.8 Å². The van der Waals surface area contributed by atoms with Gasteiger partial charge in [0.15, 0.2) is 6.10 Å². The van der Waals surface area contributed by atoms with Gasteiger partial charge in [-0.25, -0.2) is 9.59 Å². The summed E-state index contributed by atoms with van der Waals surface area (Å²) in [6.07, 6.45) is -0.113. The molecule has 0 spiro atoms. The van der Waals surface area contributed by atoms with Crippen LogP contribution < -0.4 is 0 Å². The normalized spacial score (nSPS) is 42.9. The summed E-state index contributed by atoms with van der Waals surface area (Å²) < 4.78 is 11.3. The van der Waals surface area contributed by atoms with Crippen LogP contribution in [-0.2, 0) is 19.1 Å². The van der Waals surface area contributed by atoms with Crippen LogP contribution >= 0.6 is 0 Å². The van der Waals surface area contributed by atoms with Gasteiger partial charge in [-0.15, -0.1) is 0 Å². The van der Waals surface area contributed by atoms with E-state index in [0.29, 0.717) is 29.6 Å². The van der Waals surface area contributed by atoms with Crippen LogP contribution in [0.1, 0.15) is 47.5 Å². The molecule has 0 aromatic heterocycles. The van der Waals surface area contributed by atoms with Crippen LogP contribution in [0.5, 0.6) is 0 Å². The van der Waals surface area contributed by atoms with E-state index in [2.05, 4.69) is 0 Å². The summed E-state index contributed by atoms with van der Waals surface area (Å²) in [6.45, 7) is 8.93. The van der Waals surface area contributed by atoms with E-state index in [9.17, 15) is 19.8 Å². The van der Waals surface area contributed by atoms with Crippen LogP contribution in [0.2, 0.25) is 0 Å². The van der Waals surface area contributed by atoms with Crippen LogP contribution in [0.3, 0.4) is 0 Å². The molecule has 6 heteroatoms. The Morgan fingerprint density at radius 3 is 2.62 bits per heavy atom. The zero-order valence-corrected chi connectivity index (χ0v) is 16.0. The third-order valence-electron chi connectivity index (χ3n) is 6.96. The zero-order valence-electron chi connectivity index (χ0n) is 16.0. The Morgan fingerprint density at radius 1 is 1.35 bits per heavy atom. The molecule has 0 unspecified atom stereocenters. The topological polar surface area (TPSA) is 93.1 Å². The predicted molar refractivity (Wildman–Crippen MR) is 93.9 cm³/mol. The molecule has 0 saturated heterocycles. The Kier molecular flexibility index (Phi) is 4.78. The maximum absolute atomic E-state index is 12.5. The minimum atomic E-state index is -0.871. The van der Waals surface area contributed by atoms with E-state index in [0.717, 1.165) is 0 Å². The molecule has 0 amide bonds. The number of carbonyl (C=O) groups excluding carboxylic acids is 2. The van der Waals surface area contributed by atoms with Crippen LogP contribution in [0, 0.1) is 17.3 Å². The lowest BCUT2D eigenvalue weighted by molar-refractivity contribution is -0.199. The first-order valence-electron chi connectivity index (χ1n) is 9.26. The number of hydrogen-bond donors (Lipinski definition) is 2. The Balaban J connectivity index is 2.13. The molecule has 6 nitrogen and oxygen atoms in total. The zero-order chi connectivity index (χ0) is 19.4. The smallest absolute Gasteiger partial charge is 0.334 e. The van der Waals surface area contributed by atoms with E-state index in [-0.39, 0.29) is 11.8 Å². The minimum Gasteiger partial charge on any atom is -0.454 e. The summed E-state index contributed by atoms with van der Waals surface area (Å²) in [5, 5.41) is 21.4. The first kappa shape index (κ1) is 19.1. The third kappa shape index (κ3) is 2.54. The molecule has 1 aliphatic heterocycles. The molecule has 2 fully saturated rings. The van der Waals surface area contributed by atoms with Gasteiger partial charge in [0.05, 0.1) is 12.2 Å². The van der Waals surface area contributed by atoms with Gasteiger partial charge in [0.25, 0.3) is 0 Å². The lowest BCUT2D eigenvalue weighted by Gasteiger charge is -2.57. The number of hydrogen-bond acceptors (Lipinski definition) is 6. The van der Waals surface area contributed by atoms with Crippen molar-refractivity contribution in [2.24, 2.45) is 17.3 Å². The SMILES string of the molecule is C/C=C(\C)C(=O)O[C@@H]1C2=C(C)C(=O)O[C@@H]2[C@@H](O)[C@H]2CC[C@H](O)[C@H](C)[C@@]12C. The van der Waals surface area contributed by atoms with Gasteiger partial charge in [-0.2, -0.15) is 0 Å². The fourth-order valence-electron chi connectivity index (χ4n) is 4.89. The van der Waals surface area contributed by atoms with Crippen LogP contribution in [0.25, 0.3) is 0 Å². The molecule has 2 N–H and O–H groups in total. The van der Waals surface area contributed by atoms with E-state index in [1.54, 1.807) is 26.8 Å². The molecule has 3 rings (SSSR count). The van der Waals surface area contributed by atoms with E-state index in [1.165, 1.54) is 0 Å². The molecule has 0 aromatic carbocycles. The van der Waals surface area contributed by atoms with Crippen molar-refractivity contribution in [1.29, 1.82) is 0 Å². The van der Waals surface area contributed by atoms with Gasteiger partial charge in [-0.3, -0.25) is 0 Å². The quantitative estimate of drug-likeness (QED) is 0.574. The van der Waals surface area contributed by atoms with Crippen molar-refractivity contribution < 1.29 is 29.3 Å². The molecule has 2 saturated carbocycles. The molecule has 0 radical (unpaired) electrons. The third-order valence-corrected chi connectivity index (χ3v) is 6.96. The molecule has 144 valence electrons. The Hall–Kier alpha value is -1.66. The van der Waals surface area contributed by atoms with Crippen molar-refractivity contribution in [2.75, 3.05) is 0 Å². The van der Waals surface area contributed by atoms with Gasteiger partial charge in [0.1, 0.15) is 6.10 Å². The minimum absolute atomic E-state index is 0.212. The summed E-state index contributed by atoms with van der Waals surface area (Å²) >= 11 is 0. The highest BCUT2D eigenvalue weighted by molar-refractivity contribution is 5.93. The number of carbonyl (C=O) groups is 2. The summed E-state index contributed by atoms with van der Waals surface area (Å²) in [5.74, 6) is -1.39. The first-order valence-corrected chi connectivity index (χ1v) is 9.26. The van der Waals surface area contributed by atoms with Crippen molar-refractivity contribution >= 4 is 11.9 Å². The summed E-state index contributed by atoms with van der Waals surface area (Å²) in [6, 6.07) is 0. The number of aliphatic hydroxyl groups excluding tert-OH is 2. The van der Waals surface area contributed by atoms with Crippen molar-refractivity contribution in [1.82, 2.24) is 0 Å². The molecular weight excluding hydrogens is 336 g/mol. The fraction of sp³-hybridized carbons (Fsp3) is 0.700. The monoisotopic (exact) mass is 364 g/mol. The average Bonchev–Trinajstić information content (AvgIpc) is 2.90. The maximum atomic E-state index is 12.5. The lowest BCUT2D eigenvalue weighted by Crippen LogP contribution is -2.63. The molecule has 7 atom stereocenters. The average molecular weight is 364 g/mol. The molecule has 0 aromatic rings. The molecule has 26 heavy (non-hydrogen) atoms. The van der Waals surface area contributed by atoms with Gasteiger partial charge in [0, 0.05) is 22.1 Å². The number of ether oxygens (including phenoxy) is 2. The van der Waals surface area contributed by atoms with Crippen molar-refractivity contribution in [3.8, 4) is 0 Å². The lowest BCUT2D eigenvalue weighted by atomic mass is 9.51. The highest BCUT2D eigenvalue weighted by Crippen LogP contribution is 2.58. The van der Waals surface area contributed by atoms with Gasteiger partial charge in [-0.05, 0) is 45.4 Å². The van der Waals surface area contributed by atoms with E-state index in [4.69, 9.17) is 9.47 Å². The van der Waals surface area contributed by atoms with Crippen molar-refractivity contribution in [2.45, 2.75) is 71.9 Å².